The minimum absolute atomic E-state index is 0.0383. The van der Waals surface area contributed by atoms with Gasteiger partial charge in [-0.2, -0.15) is 0 Å². The number of carbonyl (C=O) groups is 2. The Balaban J connectivity index is 1.98. The largest absolute Gasteiger partial charge is 0.477 e. The average molecular weight is 278 g/mol. The summed E-state index contributed by atoms with van der Waals surface area (Å²) >= 11 is 0. The summed E-state index contributed by atoms with van der Waals surface area (Å²) in [7, 11) is 0. The quantitative estimate of drug-likeness (QED) is 0.867. The molecule has 108 valence electrons. The zero-order chi connectivity index (χ0) is 14.6. The van der Waals surface area contributed by atoms with E-state index in [2.05, 4.69) is 17.2 Å². The van der Waals surface area contributed by atoms with Gasteiger partial charge in [0.2, 0.25) is 0 Å². The summed E-state index contributed by atoms with van der Waals surface area (Å²) in [4.78, 5) is 26.6. The van der Waals surface area contributed by atoms with Gasteiger partial charge in [0, 0.05) is 31.5 Å². The van der Waals surface area contributed by atoms with Gasteiger partial charge in [-0.3, -0.25) is 4.79 Å². The highest BCUT2D eigenvalue weighted by Gasteiger charge is 2.27. The van der Waals surface area contributed by atoms with E-state index in [9.17, 15) is 9.59 Å². The normalized spacial score (nSPS) is 17.4. The molecule has 1 aromatic heterocycles. The summed E-state index contributed by atoms with van der Waals surface area (Å²) in [6.07, 6.45) is 3.14. The third-order valence-corrected chi connectivity index (χ3v) is 3.62. The lowest BCUT2D eigenvalue weighted by Gasteiger charge is -2.33. The van der Waals surface area contributed by atoms with Crippen LogP contribution in [0.15, 0.2) is 18.3 Å². The number of carboxylic acids is 1. The smallest absolute Gasteiger partial charge is 0.354 e. The number of aromatic nitrogens is 1. The van der Waals surface area contributed by atoms with Crippen molar-refractivity contribution in [2.24, 2.45) is 5.41 Å². The number of amides is 1. The summed E-state index contributed by atoms with van der Waals surface area (Å²) < 4.78 is 5.31. The fourth-order valence-electron chi connectivity index (χ4n) is 2.13. The first-order chi connectivity index (χ1) is 9.50. The summed E-state index contributed by atoms with van der Waals surface area (Å²) in [5.74, 6) is -1.42. The van der Waals surface area contributed by atoms with E-state index in [1.807, 2.05) is 0 Å². The topological polar surface area (TPSA) is 88.5 Å². The van der Waals surface area contributed by atoms with Gasteiger partial charge in [0.15, 0.2) is 0 Å². The number of nitrogens with zero attached hydrogens (tertiary/aromatic N) is 1. The van der Waals surface area contributed by atoms with Crippen LogP contribution < -0.4 is 5.32 Å². The molecule has 0 unspecified atom stereocenters. The van der Waals surface area contributed by atoms with Crippen molar-refractivity contribution < 1.29 is 19.4 Å². The maximum atomic E-state index is 12.0. The van der Waals surface area contributed by atoms with Gasteiger partial charge in [-0.15, -0.1) is 0 Å². The van der Waals surface area contributed by atoms with Crippen molar-refractivity contribution >= 4 is 11.9 Å². The maximum absolute atomic E-state index is 12.0. The van der Waals surface area contributed by atoms with Crippen molar-refractivity contribution in [3.63, 3.8) is 0 Å². The van der Waals surface area contributed by atoms with Crippen LogP contribution in [-0.2, 0) is 4.74 Å². The molecule has 2 rings (SSSR count). The third-order valence-electron chi connectivity index (χ3n) is 3.62. The van der Waals surface area contributed by atoms with Crippen LogP contribution in [0.4, 0.5) is 0 Å². The number of hydrogen-bond acceptors (Lipinski definition) is 4. The van der Waals surface area contributed by atoms with E-state index >= 15 is 0 Å². The van der Waals surface area contributed by atoms with Crippen LogP contribution in [0.1, 0.15) is 40.6 Å². The highest BCUT2D eigenvalue weighted by atomic mass is 16.5. The first kappa shape index (κ1) is 14.5. The van der Waals surface area contributed by atoms with Crippen molar-refractivity contribution in [3.8, 4) is 0 Å². The number of aromatic carboxylic acids is 1. The highest BCUT2D eigenvalue weighted by Crippen LogP contribution is 2.28. The zero-order valence-electron chi connectivity index (χ0n) is 11.4. The fourth-order valence-corrected chi connectivity index (χ4v) is 2.13. The van der Waals surface area contributed by atoms with E-state index < -0.39 is 5.97 Å². The Bertz CT molecular complexity index is 510. The maximum Gasteiger partial charge on any atom is 0.354 e. The molecule has 1 aliphatic rings. The van der Waals surface area contributed by atoms with E-state index in [4.69, 9.17) is 9.84 Å². The van der Waals surface area contributed by atoms with Crippen LogP contribution in [0.5, 0.6) is 0 Å². The molecule has 20 heavy (non-hydrogen) atoms. The van der Waals surface area contributed by atoms with Crippen LogP contribution >= 0.6 is 0 Å². The first-order valence-corrected chi connectivity index (χ1v) is 6.55. The lowest BCUT2D eigenvalue weighted by molar-refractivity contribution is 0.0238. The molecule has 1 saturated heterocycles. The molecule has 1 aromatic rings. The van der Waals surface area contributed by atoms with E-state index in [0.717, 1.165) is 12.8 Å². The third kappa shape index (κ3) is 3.54. The van der Waals surface area contributed by atoms with E-state index in [-0.39, 0.29) is 17.0 Å². The van der Waals surface area contributed by atoms with Gasteiger partial charge in [-0.1, -0.05) is 6.92 Å². The number of ether oxygens (including phenoxy) is 1. The Morgan fingerprint density at radius 3 is 2.80 bits per heavy atom. The van der Waals surface area contributed by atoms with Crippen molar-refractivity contribution in [2.45, 2.75) is 19.8 Å². The molecular weight excluding hydrogens is 260 g/mol. The molecule has 6 nitrogen and oxygen atoms in total. The molecule has 2 N–H and O–H groups in total. The predicted molar refractivity (Wildman–Crippen MR) is 71.7 cm³/mol. The highest BCUT2D eigenvalue weighted by molar-refractivity contribution is 5.96. The van der Waals surface area contributed by atoms with Gasteiger partial charge in [-0.05, 0) is 30.4 Å². The number of carbonyl (C=O) groups excluding carboxylic acids is 1. The molecule has 0 bridgehead atoms. The van der Waals surface area contributed by atoms with Crippen LogP contribution in [-0.4, -0.2) is 41.7 Å². The second kappa shape index (κ2) is 6.00. The van der Waals surface area contributed by atoms with Gasteiger partial charge in [-0.25, -0.2) is 9.78 Å². The Morgan fingerprint density at radius 1 is 1.45 bits per heavy atom. The Morgan fingerprint density at radius 2 is 2.15 bits per heavy atom. The number of hydrogen-bond donors (Lipinski definition) is 2. The number of nitrogens with one attached hydrogen (secondary N) is 1. The molecule has 0 atom stereocenters. The first-order valence-electron chi connectivity index (χ1n) is 6.55. The van der Waals surface area contributed by atoms with Crippen LogP contribution in [0, 0.1) is 5.41 Å². The molecule has 0 aliphatic carbocycles. The second-order valence-corrected chi connectivity index (χ2v) is 5.34. The van der Waals surface area contributed by atoms with Crippen LogP contribution in [0.3, 0.4) is 0 Å². The fraction of sp³-hybridized carbons (Fsp3) is 0.500. The van der Waals surface area contributed by atoms with Crippen LogP contribution in [0.25, 0.3) is 0 Å². The molecule has 0 aromatic carbocycles. The van der Waals surface area contributed by atoms with Gasteiger partial charge in [0.25, 0.3) is 5.91 Å². The molecule has 1 fully saturated rings. The minimum Gasteiger partial charge on any atom is -0.477 e. The monoisotopic (exact) mass is 278 g/mol. The van der Waals surface area contributed by atoms with Crippen molar-refractivity contribution in [1.82, 2.24) is 10.3 Å². The van der Waals surface area contributed by atoms with E-state index in [0.29, 0.717) is 25.3 Å². The lowest BCUT2D eigenvalue weighted by Crippen LogP contribution is -2.39. The standard InChI is InChI=1S/C14H18N2O4/c1-14(3-6-20-7-4-14)9-16-12(17)10-2-5-15-11(8-10)13(18)19/h2,5,8H,3-4,6-7,9H2,1H3,(H,16,17)(H,18,19). The Labute approximate surface area is 117 Å². The molecule has 0 spiro atoms. The van der Waals surface area contributed by atoms with Crippen molar-refractivity contribution in [3.05, 3.63) is 29.6 Å². The molecular formula is C14H18N2O4. The average Bonchev–Trinajstić information content (AvgIpc) is 2.46. The molecule has 0 radical (unpaired) electrons. The number of pyridine rings is 1. The summed E-state index contributed by atoms with van der Waals surface area (Å²) in [6, 6.07) is 2.79. The lowest BCUT2D eigenvalue weighted by atomic mass is 9.82. The molecule has 2 heterocycles. The van der Waals surface area contributed by atoms with Crippen molar-refractivity contribution in [2.75, 3.05) is 19.8 Å². The van der Waals surface area contributed by atoms with E-state index in [1.54, 1.807) is 0 Å². The Hall–Kier alpha value is -1.95. The second-order valence-electron chi connectivity index (χ2n) is 5.34. The predicted octanol–water partition coefficient (Wildman–Crippen LogP) is 1.33. The molecule has 1 aliphatic heterocycles. The van der Waals surface area contributed by atoms with Gasteiger partial charge >= 0.3 is 5.97 Å². The Kier molecular flexibility index (Phi) is 4.34. The van der Waals surface area contributed by atoms with Crippen LogP contribution in [0.2, 0.25) is 0 Å². The summed E-state index contributed by atoms with van der Waals surface area (Å²) in [5, 5.41) is 11.7. The molecule has 1 amide bonds. The number of rotatable bonds is 4. The summed E-state index contributed by atoms with van der Waals surface area (Å²) in [5.41, 5.74) is 0.222. The van der Waals surface area contributed by atoms with Gasteiger partial charge in [0.1, 0.15) is 5.69 Å². The molecule has 6 heteroatoms. The minimum atomic E-state index is -1.14. The summed E-state index contributed by atoms with van der Waals surface area (Å²) in [6.45, 7) is 4.10. The SMILES string of the molecule is CC1(CNC(=O)c2ccnc(C(=O)O)c2)CCOCC1. The van der Waals surface area contributed by atoms with Gasteiger partial charge < -0.3 is 15.2 Å². The zero-order valence-corrected chi connectivity index (χ0v) is 11.4. The molecule has 0 saturated carbocycles. The van der Waals surface area contributed by atoms with E-state index in [1.165, 1.54) is 18.3 Å². The van der Waals surface area contributed by atoms with Crippen molar-refractivity contribution in [1.29, 1.82) is 0 Å². The number of carboxylic acid groups (broad SMARTS) is 1. The van der Waals surface area contributed by atoms with Gasteiger partial charge in [0.05, 0.1) is 0 Å².